The lowest BCUT2D eigenvalue weighted by molar-refractivity contribution is 0.181. The molecule has 0 spiro atoms. The van der Waals surface area contributed by atoms with Gasteiger partial charge in [-0.1, -0.05) is 24.6 Å². The van der Waals surface area contributed by atoms with Gasteiger partial charge in [0.2, 0.25) is 0 Å². The molecule has 104 valence electrons. The van der Waals surface area contributed by atoms with E-state index in [0.717, 1.165) is 18.6 Å². The summed E-state index contributed by atoms with van der Waals surface area (Å²) in [7, 11) is 0. The second-order valence-corrected chi connectivity index (χ2v) is 6.78. The van der Waals surface area contributed by atoms with E-state index in [1.807, 2.05) is 11.8 Å². The van der Waals surface area contributed by atoms with Crippen LogP contribution in [0.15, 0.2) is 35.2 Å². The van der Waals surface area contributed by atoms with E-state index in [2.05, 4.69) is 40.5 Å². The molecule has 0 aliphatic carbocycles. The normalized spacial score (nSPS) is 27.4. The van der Waals surface area contributed by atoms with Crippen molar-refractivity contribution in [1.29, 1.82) is 0 Å². The molecule has 1 N–H and O–H groups in total. The minimum atomic E-state index is 0.747. The predicted octanol–water partition coefficient (Wildman–Crippen LogP) is 3.00. The number of nitrogens with zero attached hydrogens (tertiary/aromatic N) is 1. The molecule has 19 heavy (non-hydrogen) atoms. The fourth-order valence-electron chi connectivity index (χ4n) is 3.42. The van der Waals surface area contributed by atoms with E-state index in [1.54, 1.807) is 0 Å². The van der Waals surface area contributed by atoms with Crippen LogP contribution in [-0.4, -0.2) is 42.4 Å². The maximum absolute atomic E-state index is 3.79. The smallest absolute Gasteiger partial charge is 0.0249 e. The van der Waals surface area contributed by atoms with Crippen LogP contribution in [0.4, 0.5) is 0 Å². The molecule has 0 amide bonds. The van der Waals surface area contributed by atoms with Crippen molar-refractivity contribution >= 4 is 11.8 Å². The first-order chi connectivity index (χ1) is 9.43. The van der Waals surface area contributed by atoms with E-state index >= 15 is 0 Å². The molecule has 2 heterocycles. The van der Waals surface area contributed by atoms with Gasteiger partial charge in [-0.05, 0) is 37.9 Å². The van der Waals surface area contributed by atoms with Crippen molar-refractivity contribution in [2.75, 3.05) is 25.4 Å². The van der Waals surface area contributed by atoms with E-state index in [-0.39, 0.29) is 0 Å². The molecule has 2 atom stereocenters. The molecule has 0 bridgehead atoms. The predicted molar refractivity (Wildman–Crippen MR) is 82.8 cm³/mol. The molecule has 0 aromatic heterocycles. The largest absolute Gasteiger partial charge is 0.312 e. The summed E-state index contributed by atoms with van der Waals surface area (Å²) in [5.74, 6) is 1.17. The van der Waals surface area contributed by atoms with Gasteiger partial charge in [0.05, 0.1) is 0 Å². The van der Waals surface area contributed by atoms with Crippen molar-refractivity contribution < 1.29 is 0 Å². The second kappa shape index (κ2) is 6.78. The molecular weight excluding hydrogens is 252 g/mol. The maximum Gasteiger partial charge on any atom is 0.0249 e. The quantitative estimate of drug-likeness (QED) is 0.657. The molecule has 2 aliphatic rings. The number of piperidine rings is 1. The number of thioether (sulfide) groups is 1. The van der Waals surface area contributed by atoms with Gasteiger partial charge in [-0.2, -0.15) is 0 Å². The van der Waals surface area contributed by atoms with Gasteiger partial charge < -0.3 is 5.32 Å². The fourth-order valence-corrected chi connectivity index (χ4v) is 4.22. The topological polar surface area (TPSA) is 15.3 Å². The van der Waals surface area contributed by atoms with Crippen LogP contribution in [0.1, 0.15) is 25.7 Å². The summed E-state index contributed by atoms with van der Waals surface area (Å²) in [6.45, 7) is 3.78. The van der Waals surface area contributed by atoms with Gasteiger partial charge >= 0.3 is 0 Å². The molecule has 0 radical (unpaired) electrons. The minimum absolute atomic E-state index is 0.747. The molecule has 2 fully saturated rings. The lowest BCUT2D eigenvalue weighted by atomic mass is 9.99. The van der Waals surface area contributed by atoms with Crippen molar-refractivity contribution in [2.45, 2.75) is 42.7 Å². The molecule has 2 nitrogen and oxygen atoms in total. The van der Waals surface area contributed by atoms with Gasteiger partial charge in [0.1, 0.15) is 0 Å². The average molecular weight is 276 g/mol. The van der Waals surface area contributed by atoms with Crippen molar-refractivity contribution in [2.24, 2.45) is 0 Å². The van der Waals surface area contributed by atoms with Crippen LogP contribution in [0.25, 0.3) is 0 Å². The Labute approximate surface area is 121 Å². The van der Waals surface area contributed by atoms with Gasteiger partial charge in [-0.25, -0.2) is 0 Å². The number of benzene rings is 1. The molecule has 2 aliphatic heterocycles. The standard InChI is InChI=1S/C16H24N2S/c1-2-6-14(7-3-1)19-13-10-17-15-9-12-18-11-5-4-8-16(15)18/h1-3,6-7,15-17H,4-5,8-13H2. The number of fused-ring (bicyclic) bond motifs is 1. The lowest BCUT2D eigenvalue weighted by Gasteiger charge is -2.32. The highest BCUT2D eigenvalue weighted by molar-refractivity contribution is 7.99. The zero-order valence-electron chi connectivity index (χ0n) is 11.6. The van der Waals surface area contributed by atoms with E-state index < -0.39 is 0 Å². The van der Waals surface area contributed by atoms with Crippen LogP contribution in [0.5, 0.6) is 0 Å². The van der Waals surface area contributed by atoms with Crippen LogP contribution in [0.2, 0.25) is 0 Å². The van der Waals surface area contributed by atoms with Gasteiger partial charge in [-0.3, -0.25) is 4.90 Å². The van der Waals surface area contributed by atoms with Crippen molar-refractivity contribution in [3.05, 3.63) is 30.3 Å². The van der Waals surface area contributed by atoms with E-state index in [0.29, 0.717) is 0 Å². The summed E-state index contributed by atoms with van der Waals surface area (Å²) in [4.78, 5) is 4.08. The van der Waals surface area contributed by atoms with Crippen LogP contribution in [-0.2, 0) is 0 Å². The number of rotatable bonds is 5. The first-order valence-electron chi connectivity index (χ1n) is 7.59. The van der Waals surface area contributed by atoms with Gasteiger partial charge in [0.15, 0.2) is 0 Å². The van der Waals surface area contributed by atoms with E-state index in [1.165, 1.54) is 49.4 Å². The summed E-state index contributed by atoms with van der Waals surface area (Å²) < 4.78 is 0. The highest BCUT2D eigenvalue weighted by Gasteiger charge is 2.34. The Morgan fingerprint density at radius 1 is 1.11 bits per heavy atom. The third-order valence-corrected chi connectivity index (χ3v) is 5.39. The molecule has 2 unspecified atom stereocenters. The zero-order chi connectivity index (χ0) is 12.9. The van der Waals surface area contributed by atoms with Gasteiger partial charge in [0, 0.05) is 35.8 Å². The van der Waals surface area contributed by atoms with Gasteiger partial charge in [0.25, 0.3) is 0 Å². The summed E-state index contributed by atoms with van der Waals surface area (Å²) in [5.41, 5.74) is 0. The Balaban J connectivity index is 1.38. The number of nitrogens with one attached hydrogen (secondary N) is 1. The maximum atomic E-state index is 3.79. The monoisotopic (exact) mass is 276 g/mol. The van der Waals surface area contributed by atoms with Crippen LogP contribution >= 0.6 is 11.8 Å². The van der Waals surface area contributed by atoms with E-state index in [9.17, 15) is 0 Å². The molecule has 0 saturated carbocycles. The highest BCUT2D eigenvalue weighted by atomic mass is 32.2. The van der Waals surface area contributed by atoms with E-state index in [4.69, 9.17) is 0 Å². The summed E-state index contributed by atoms with van der Waals surface area (Å²) in [6, 6.07) is 12.3. The van der Waals surface area contributed by atoms with Gasteiger partial charge in [-0.15, -0.1) is 11.8 Å². The minimum Gasteiger partial charge on any atom is -0.312 e. The molecule has 1 aromatic carbocycles. The Morgan fingerprint density at radius 2 is 2.00 bits per heavy atom. The zero-order valence-corrected chi connectivity index (χ0v) is 12.4. The SMILES string of the molecule is c1ccc(SCCNC2CCN3CCCCC23)cc1. The Hall–Kier alpha value is -0.510. The van der Waals surface area contributed by atoms with Crippen LogP contribution in [0.3, 0.4) is 0 Å². The Kier molecular flexibility index (Phi) is 4.81. The highest BCUT2D eigenvalue weighted by Crippen LogP contribution is 2.27. The second-order valence-electron chi connectivity index (χ2n) is 5.61. The van der Waals surface area contributed by atoms with Crippen molar-refractivity contribution in [3.8, 4) is 0 Å². The third kappa shape index (κ3) is 3.53. The summed E-state index contributed by atoms with van der Waals surface area (Å²) in [6.07, 6.45) is 5.59. The lowest BCUT2D eigenvalue weighted by Crippen LogP contribution is -2.45. The van der Waals surface area contributed by atoms with Crippen LogP contribution < -0.4 is 5.32 Å². The Bertz CT molecular complexity index is 382. The van der Waals surface area contributed by atoms with Crippen LogP contribution in [0, 0.1) is 0 Å². The first-order valence-corrected chi connectivity index (χ1v) is 8.57. The Morgan fingerprint density at radius 3 is 2.89 bits per heavy atom. The molecule has 3 heteroatoms. The number of hydrogen-bond donors (Lipinski definition) is 1. The van der Waals surface area contributed by atoms with Crippen molar-refractivity contribution in [3.63, 3.8) is 0 Å². The summed E-state index contributed by atoms with van der Waals surface area (Å²) >= 11 is 1.96. The average Bonchev–Trinajstić information content (AvgIpc) is 2.88. The van der Waals surface area contributed by atoms with Crippen molar-refractivity contribution in [1.82, 2.24) is 10.2 Å². The number of hydrogen-bond acceptors (Lipinski definition) is 3. The third-order valence-electron chi connectivity index (χ3n) is 4.38. The fraction of sp³-hybridized carbons (Fsp3) is 0.625. The first kappa shape index (κ1) is 13.5. The molecular formula is C16H24N2S. The molecule has 3 rings (SSSR count). The summed E-state index contributed by atoms with van der Waals surface area (Å²) in [5, 5.41) is 3.79. The molecule has 2 saturated heterocycles. The molecule has 1 aromatic rings.